The van der Waals surface area contributed by atoms with Crippen LogP contribution in [0.25, 0.3) is 0 Å². The monoisotopic (exact) mass is 265 g/mol. The Balaban J connectivity index is 3.58. The first kappa shape index (κ1) is 14.1. The fourth-order valence-electron chi connectivity index (χ4n) is 1.32. The van der Waals surface area contributed by atoms with Crippen LogP contribution in [0.3, 0.4) is 0 Å². The molecule has 3 N–H and O–H groups in total. The van der Waals surface area contributed by atoms with Crippen molar-refractivity contribution in [1.29, 1.82) is 0 Å². The zero-order chi connectivity index (χ0) is 14.0. The molecule has 8 heteroatoms. The molecular formula is C10H7F4NO3. The van der Waals surface area contributed by atoms with Gasteiger partial charge in [-0.3, -0.25) is 4.79 Å². The second-order valence-electron chi connectivity index (χ2n) is 3.27. The Labute approximate surface area is 98.0 Å². The molecule has 0 atom stereocenters. The van der Waals surface area contributed by atoms with Crippen LogP contribution in [0, 0.1) is 23.3 Å². The summed E-state index contributed by atoms with van der Waals surface area (Å²) in [5.74, 6) is -11.7. The highest BCUT2D eigenvalue weighted by Crippen LogP contribution is 2.25. The average Bonchev–Trinajstić information content (AvgIpc) is 2.27. The van der Waals surface area contributed by atoms with E-state index >= 15 is 0 Å². The maximum Gasteiger partial charge on any atom is 0.341 e. The Morgan fingerprint density at radius 1 is 0.944 bits per heavy atom. The molecule has 1 aromatic carbocycles. The third kappa shape index (κ3) is 2.19. The number of hydrogen-bond acceptors (Lipinski definition) is 3. The standard InChI is InChI=1S/C10H7F4NO3/c11-6-4(3(16)1-2-15)7(12)9(14)5(8(6)13)10(17)18/h1-2,15H2,(H,17,18). The number of carboxylic acids is 1. The Bertz CT molecular complexity index is 501. The molecule has 0 saturated carbocycles. The van der Waals surface area contributed by atoms with E-state index in [1.807, 2.05) is 0 Å². The molecule has 0 aliphatic rings. The first-order valence-corrected chi connectivity index (χ1v) is 4.65. The van der Waals surface area contributed by atoms with E-state index in [-0.39, 0.29) is 6.54 Å². The molecule has 0 amide bonds. The van der Waals surface area contributed by atoms with Crippen molar-refractivity contribution in [3.8, 4) is 0 Å². The molecule has 1 aromatic rings. The third-order valence-electron chi connectivity index (χ3n) is 2.13. The Morgan fingerprint density at radius 2 is 1.33 bits per heavy atom. The van der Waals surface area contributed by atoms with Gasteiger partial charge >= 0.3 is 5.97 Å². The summed E-state index contributed by atoms with van der Waals surface area (Å²) in [5.41, 5.74) is 1.73. The molecule has 0 spiro atoms. The number of aromatic carboxylic acids is 1. The summed E-state index contributed by atoms with van der Waals surface area (Å²) in [7, 11) is 0. The van der Waals surface area contributed by atoms with E-state index in [1.54, 1.807) is 0 Å². The van der Waals surface area contributed by atoms with E-state index < -0.39 is 52.6 Å². The van der Waals surface area contributed by atoms with Crippen LogP contribution in [0.1, 0.15) is 27.1 Å². The number of carbonyl (C=O) groups excluding carboxylic acids is 1. The van der Waals surface area contributed by atoms with E-state index in [0.717, 1.165) is 0 Å². The lowest BCUT2D eigenvalue weighted by Crippen LogP contribution is -2.18. The van der Waals surface area contributed by atoms with Crippen LogP contribution in [-0.2, 0) is 0 Å². The minimum absolute atomic E-state index is 0.276. The number of nitrogens with two attached hydrogens (primary N) is 1. The molecule has 0 radical (unpaired) electrons. The summed E-state index contributed by atoms with van der Waals surface area (Å²) < 4.78 is 53.1. The van der Waals surface area contributed by atoms with Gasteiger partial charge in [0, 0.05) is 6.42 Å². The summed E-state index contributed by atoms with van der Waals surface area (Å²) >= 11 is 0. The molecule has 0 aromatic heterocycles. The quantitative estimate of drug-likeness (QED) is 0.491. The second-order valence-corrected chi connectivity index (χ2v) is 3.27. The first-order valence-electron chi connectivity index (χ1n) is 4.65. The first-order chi connectivity index (χ1) is 8.32. The number of carboxylic acid groups (broad SMARTS) is 1. The van der Waals surface area contributed by atoms with Gasteiger partial charge in [0.15, 0.2) is 29.1 Å². The molecule has 0 bridgehead atoms. The number of rotatable bonds is 4. The van der Waals surface area contributed by atoms with Gasteiger partial charge in [0.1, 0.15) is 5.56 Å². The van der Waals surface area contributed by atoms with Crippen LogP contribution in [0.15, 0.2) is 0 Å². The van der Waals surface area contributed by atoms with Crippen molar-refractivity contribution in [2.45, 2.75) is 6.42 Å². The lowest BCUT2D eigenvalue weighted by Gasteiger charge is -2.08. The number of halogens is 4. The molecular weight excluding hydrogens is 258 g/mol. The van der Waals surface area contributed by atoms with Crippen molar-refractivity contribution < 1.29 is 32.3 Å². The Hall–Kier alpha value is -1.96. The van der Waals surface area contributed by atoms with E-state index in [4.69, 9.17) is 10.8 Å². The summed E-state index contributed by atoms with van der Waals surface area (Å²) in [4.78, 5) is 21.7. The predicted molar refractivity (Wildman–Crippen MR) is 51.2 cm³/mol. The van der Waals surface area contributed by atoms with Gasteiger partial charge in [-0.2, -0.15) is 0 Å². The maximum absolute atomic E-state index is 13.3. The minimum atomic E-state index is -2.18. The van der Waals surface area contributed by atoms with Gasteiger partial charge < -0.3 is 10.8 Å². The van der Waals surface area contributed by atoms with Crippen molar-refractivity contribution >= 4 is 11.8 Å². The topological polar surface area (TPSA) is 80.4 Å². The van der Waals surface area contributed by atoms with Crippen molar-refractivity contribution in [2.24, 2.45) is 5.73 Å². The summed E-state index contributed by atoms with van der Waals surface area (Å²) in [5, 5.41) is 8.41. The van der Waals surface area contributed by atoms with E-state index in [0.29, 0.717) is 0 Å². The molecule has 18 heavy (non-hydrogen) atoms. The molecule has 0 aliphatic carbocycles. The number of benzene rings is 1. The van der Waals surface area contributed by atoms with Gasteiger partial charge in [0.05, 0.1) is 5.56 Å². The Kier molecular flexibility index (Phi) is 4.02. The summed E-state index contributed by atoms with van der Waals surface area (Å²) in [6.45, 7) is -0.276. The van der Waals surface area contributed by atoms with E-state index in [9.17, 15) is 27.2 Å². The summed E-state index contributed by atoms with van der Waals surface area (Å²) in [6, 6.07) is 0. The fraction of sp³-hybridized carbons (Fsp3) is 0.200. The largest absolute Gasteiger partial charge is 0.477 e. The van der Waals surface area contributed by atoms with Crippen LogP contribution in [0.5, 0.6) is 0 Å². The molecule has 4 nitrogen and oxygen atoms in total. The number of hydrogen-bond donors (Lipinski definition) is 2. The van der Waals surface area contributed by atoms with Gasteiger partial charge in [-0.1, -0.05) is 0 Å². The maximum atomic E-state index is 13.3. The molecule has 0 saturated heterocycles. The number of ketones is 1. The lowest BCUT2D eigenvalue weighted by atomic mass is 10.0. The highest BCUT2D eigenvalue weighted by atomic mass is 19.2. The van der Waals surface area contributed by atoms with Crippen LogP contribution in [0.2, 0.25) is 0 Å². The van der Waals surface area contributed by atoms with Crippen molar-refractivity contribution in [1.82, 2.24) is 0 Å². The highest BCUT2D eigenvalue weighted by Gasteiger charge is 2.31. The molecule has 0 heterocycles. The van der Waals surface area contributed by atoms with Crippen molar-refractivity contribution in [3.63, 3.8) is 0 Å². The lowest BCUT2D eigenvalue weighted by molar-refractivity contribution is 0.0682. The minimum Gasteiger partial charge on any atom is -0.477 e. The van der Waals surface area contributed by atoms with Crippen LogP contribution < -0.4 is 5.73 Å². The zero-order valence-corrected chi connectivity index (χ0v) is 8.77. The normalized spacial score (nSPS) is 10.5. The van der Waals surface area contributed by atoms with Gasteiger partial charge in [0.2, 0.25) is 0 Å². The highest BCUT2D eigenvalue weighted by molar-refractivity contribution is 5.98. The fourth-order valence-corrected chi connectivity index (χ4v) is 1.32. The summed E-state index contributed by atoms with van der Waals surface area (Å²) in [6.07, 6.45) is -0.529. The van der Waals surface area contributed by atoms with E-state index in [2.05, 4.69) is 0 Å². The van der Waals surface area contributed by atoms with Crippen LogP contribution >= 0.6 is 0 Å². The zero-order valence-electron chi connectivity index (χ0n) is 8.77. The molecule has 1 rings (SSSR count). The number of carbonyl (C=O) groups is 2. The van der Waals surface area contributed by atoms with Crippen molar-refractivity contribution in [2.75, 3.05) is 6.54 Å². The van der Waals surface area contributed by atoms with E-state index in [1.165, 1.54) is 0 Å². The van der Waals surface area contributed by atoms with Gasteiger partial charge in [-0.25, -0.2) is 22.4 Å². The van der Waals surface area contributed by atoms with Crippen LogP contribution in [0.4, 0.5) is 17.6 Å². The van der Waals surface area contributed by atoms with Gasteiger partial charge in [0.25, 0.3) is 0 Å². The molecule has 98 valence electrons. The smallest absolute Gasteiger partial charge is 0.341 e. The Morgan fingerprint density at radius 3 is 1.67 bits per heavy atom. The van der Waals surface area contributed by atoms with Crippen molar-refractivity contribution in [3.05, 3.63) is 34.4 Å². The third-order valence-corrected chi connectivity index (χ3v) is 2.13. The average molecular weight is 265 g/mol. The SMILES string of the molecule is NCCC(=O)c1c(F)c(F)c(C(=O)O)c(F)c1F. The molecule has 0 unspecified atom stereocenters. The van der Waals surface area contributed by atoms with Gasteiger partial charge in [-0.15, -0.1) is 0 Å². The van der Waals surface area contributed by atoms with Gasteiger partial charge in [-0.05, 0) is 6.54 Å². The predicted octanol–water partition coefficient (Wildman–Crippen LogP) is 1.47. The molecule has 0 aliphatic heterocycles. The van der Waals surface area contributed by atoms with Crippen LogP contribution in [-0.4, -0.2) is 23.4 Å². The number of Topliss-reactive ketones (excluding diaryl/α,β-unsaturated/α-hetero) is 1. The second kappa shape index (κ2) is 5.13. The molecule has 0 fully saturated rings.